The first kappa shape index (κ1) is 17.3. The molecule has 0 saturated carbocycles. The van der Waals surface area contributed by atoms with Gasteiger partial charge in [0.05, 0.1) is 46.0 Å². The van der Waals surface area contributed by atoms with Crippen LogP contribution < -0.4 is 14.5 Å². The Kier molecular flexibility index (Phi) is 5.56. The van der Waals surface area contributed by atoms with Crippen LogP contribution >= 0.6 is 0 Å². The zero-order chi connectivity index (χ0) is 17.6. The molecule has 5 nitrogen and oxygen atoms in total. The lowest BCUT2D eigenvalue weighted by atomic mass is 10.1. The molecule has 0 unspecified atom stereocenters. The van der Waals surface area contributed by atoms with Gasteiger partial charge in [0, 0.05) is 17.3 Å². The number of nitrogens with zero attached hydrogens (tertiary/aromatic N) is 1. The fourth-order valence-electron chi connectivity index (χ4n) is 3.23. The highest BCUT2D eigenvalue weighted by molar-refractivity contribution is 5.89. The van der Waals surface area contributed by atoms with E-state index in [2.05, 4.69) is 17.0 Å². The SMILES string of the molecule is COC(=O)c1ccc(C[NH+]2CCN(c3cccc(OC)c3)CC2)cc1. The lowest BCUT2D eigenvalue weighted by molar-refractivity contribution is -0.914. The van der Waals surface area contributed by atoms with Crippen LogP contribution in [0.5, 0.6) is 5.75 Å². The van der Waals surface area contributed by atoms with Crippen molar-refractivity contribution >= 4 is 11.7 Å². The second kappa shape index (κ2) is 8.03. The van der Waals surface area contributed by atoms with Crippen molar-refractivity contribution in [1.29, 1.82) is 0 Å². The van der Waals surface area contributed by atoms with Crippen molar-refractivity contribution in [3.63, 3.8) is 0 Å². The van der Waals surface area contributed by atoms with E-state index < -0.39 is 0 Å². The summed E-state index contributed by atoms with van der Waals surface area (Å²) in [6, 6.07) is 16.0. The lowest BCUT2D eigenvalue weighted by Crippen LogP contribution is -3.13. The highest BCUT2D eigenvalue weighted by atomic mass is 16.5. The smallest absolute Gasteiger partial charge is 0.337 e. The van der Waals surface area contributed by atoms with Gasteiger partial charge in [-0.05, 0) is 24.3 Å². The second-order valence-electron chi connectivity index (χ2n) is 6.30. The fraction of sp³-hybridized carbons (Fsp3) is 0.350. The molecule has 1 N–H and O–H groups in total. The third-order valence-electron chi connectivity index (χ3n) is 4.72. The van der Waals surface area contributed by atoms with E-state index in [9.17, 15) is 4.79 Å². The van der Waals surface area contributed by atoms with Crippen molar-refractivity contribution in [3.8, 4) is 5.75 Å². The molecule has 0 atom stereocenters. The molecular formula is C20H25N2O3+. The summed E-state index contributed by atoms with van der Waals surface area (Å²) in [7, 11) is 3.11. The third-order valence-corrected chi connectivity index (χ3v) is 4.72. The van der Waals surface area contributed by atoms with E-state index in [1.165, 1.54) is 18.4 Å². The minimum Gasteiger partial charge on any atom is -0.497 e. The summed E-state index contributed by atoms with van der Waals surface area (Å²) in [4.78, 5) is 15.5. The van der Waals surface area contributed by atoms with E-state index in [1.807, 2.05) is 36.4 Å². The Bertz CT molecular complexity index is 707. The first-order chi connectivity index (χ1) is 12.2. The highest BCUT2D eigenvalue weighted by Crippen LogP contribution is 2.20. The zero-order valence-electron chi connectivity index (χ0n) is 14.8. The van der Waals surface area contributed by atoms with Gasteiger partial charge in [-0.25, -0.2) is 4.79 Å². The number of anilines is 1. The summed E-state index contributed by atoms with van der Waals surface area (Å²) in [5, 5.41) is 0. The Balaban J connectivity index is 1.54. The van der Waals surface area contributed by atoms with Gasteiger partial charge < -0.3 is 19.3 Å². The van der Waals surface area contributed by atoms with Crippen LogP contribution in [0.1, 0.15) is 15.9 Å². The van der Waals surface area contributed by atoms with Gasteiger partial charge in [0.15, 0.2) is 0 Å². The summed E-state index contributed by atoms with van der Waals surface area (Å²) in [5.41, 5.74) is 3.07. The summed E-state index contributed by atoms with van der Waals surface area (Å²) in [5.74, 6) is 0.615. The molecule has 3 rings (SSSR count). The van der Waals surface area contributed by atoms with Crippen LogP contribution in [-0.4, -0.2) is 46.4 Å². The number of nitrogens with one attached hydrogen (secondary N) is 1. The van der Waals surface area contributed by atoms with Crippen LogP contribution in [0.4, 0.5) is 5.69 Å². The fourth-order valence-corrected chi connectivity index (χ4v) is 3.23. The summed E-state index contributed by atoms with van der Waals surface area (Å²) in [6.07, 6.45) is 0. The molecule has 0 amide bonds. The number of piperazine rings is 1. The van der Waals surface area contributed by atoms with Crippen LogP contribution in [0.15, 0.2) is 48.5 Å². The van der Waals surface area contributed by atoms with Crippen LogP contribution in [0.3, 0.4) is 0 Å². The Labute approximate surface area is 148 Å². The Morgan fingerprint density at radius 3 is 2.44 bits per heavy atom. The standard InChI is InChI=1S/C20H24N2O3/c1-24-19-5-3-4-18(14-19)22-12-10-21(11-13-22)15-16-6-8-17(9-7-16)20(23)25-2/h3-9,14H,10-13,15H2,1-2H3/p+1. The minimum absolute atomic E-state index is 0.286. The van der Waals surface area contributed by atoms with E-state index in [1.54, 1.807) is 12.0 Å². The maximum Gasteiger partial charge on any atom is 0.337 e. The van der Waals surface area contributed by atoms with Gasteiger partial charge in [-0.2, -0.15) is 0 Å². The minimum atomic E-state index is -0.286. The van der Waals surface area contributed by atoms with E-state index in [-0.39, 0.29) is 5.97 Å². The summed E-state index contributed by atoms with van der Waals surface area (Å²) in [6.45, 7) is 5.23. The van der Waals surface area contributed by atoms with Crippen molar-refractivity contribution in [2.24, 2.45) is 0 Å². The number of ether oxygens (including phenoxy) is 2. The van der Waals surface area contributed by atoms with E-state index in [4.69, 9.17) is 9.47 Å². The van der Waals surface area contributed by atoms with Crippen LogP contribution in [0, 0.1) is 0 Å². The second-order valence-corrected chi connectivity index (χ2v) is 6.30. The Morgan fingerprint density at radius 2 is 1.80 bits per heavy atom. The first-order valence-corrected chi connectivity index (χ1v) is 8.59. The van der Waals surface area contributed by atoms with Gasteiger partial charge in [-0.1, -0.05) is 18.2 Å². The van der Waals surface area contributed by atoms with Crippen molar-refractivity contribution in [3.05, 3.63) is 59.7 Å². The van der Waals surface area contributed by atoms with Crippen LogP contribution in [0.25, 0.3) is 0 Å². The van der Waals surface area contributed by atoms with E-state index >= 15 is 0 Å². The quantitative estimate of drug-likeness (QED) is 0.835. The van der Waals surface area contributed by atoms with Crippen molar-refractivity contribution in [2.75, 3.05) is 45.3 Å². The van der Waals surface area contributed by atoms with E-state index in [0.29, 0.717) is 5.56 Å². The number of hydrogen-bond acceptors (Lipinski definition) is 4. The largest absolute Gasteiger partial charge is 0.497 e. The predicted octanol–water partition coefficient (Wildman–Crippen LogP) is 1.39. The number of hydrogen-bond donors (Lipinski definition) is 1. The van der Waals surface area contributed by atoms with Gasteiger partial charge in [0.2, 0.25) is 0 Å². The molecule has 132 valence electrons. The Morgan fingerprint density at radius 1 is 1.08 bits per heavy atom. The third kappa shape index (κ3) is 4.31. The lowest BCUT2D eigenvalue weighted by Gasteiger charge is -2.33. The molecule has 0 aliphatic carbocycles. The molecule has 0 radical (unpaired) electrons. The molecule has 1 heterocycles. The summed E-state index contributed by atoms with van der Waals surface area (Å²) >= 11 is 0. The zero-order valence-corrected chi connectivity index (χ0v) is 14.8. The molecule has 1 aliphatic rings. The molecule has 1 fully saturated rings. The molecule has 0 aromatic heterocycles. The summed E-state index contributed by atoms with van der Waals surface area (Å²) < 4.78 is 10.1. The number of rotatable bonds is 5. The molecular weight excluding hydrogens is 316 g/mol. The van der Waals surface area contributed by atoms with Gasteiger partial charge in [0.1, 0.15) is 12.3 Å². The van der Waals surface area contributed by atoms with Crippen molar-refractivity contribution in [1.82, 2.24) is 0 Å². The highest BCUT2D eigenvalue weighted by Gasteiger charge is 2.20. The molecule has 2 aromatic rings. The van der Waals surface area contributed by atoms with Gasteiger partial charge >= 0.3 is 5.97 Å². The number of esters is 1. The molecule has 1 saturated heterocycles. The molecule has 0 spiro atoms. The number of carbonyl (C=O) groups excluding carboxylic acids is 1. The molecule has 5 heteroatoms. The van der Waals surface area contributed by atoms with Gasteiger partial charge in [0.25, 0.3) is 0 Å². The number of quaternary nitrogens is 1. The normalized spacial score (nSPS) is 15.0. The maximum absolute atomic E-state index is 11.5. The average molecular weight is 341 g/mol. The molecule has 1 aliphatic heterocycles. The van der Waals surface area contributed by atoms with Crippen molar-refractivity contribution < 1.29 is 19.2 Å². The van der Waals surface area contributed by atoms with Crippen molar-refractivity contribution in [2.45, 2.75) is 6.54 Å². The average Bonchev–Trinajstić information content (AvgIpc) is 2.68. The molecule has 2 aromatic carbocycles. The van der Waals surface area contributed by atoms with E-state index in [0.717, 1.165) is 38.5 Å². The molecule has 0 bridgehead atoms. The monoisotopic (exact) mass is 341 g/mol. The topological polar surface area (TPSA) is 43.2 Å². The van der Waals surface area contributed by atoms with Gasteiger partial charge in [-0.15, -0.1) is 0 Å². The Hall–Kier alpha value is -2.53. The predicted molar refractivity (Wildman–Crippen MR) is 97.4 cm³/mol. The van der Waals surface area contributed by atoms with Gasteiger partial charge in [-0.3, -0.25) is 0 Å². The maximum atomic E-state index is 11.5. The number of carbonyl (C=O) groups is 1. The number of methoxy groups -OCH3 is 2. The first-order valence-electron chi connectivity index (χ1n) is 8.59. The van der Waals surface area contributed by atoms with Crippen LogP contribution in [-0.2, 0) is 11.3 Å². The number of benzene rings is 2. The van der Waals surface area contributed by atoms with Crippen LogP contribution in [0.2, 0.25) is 0 Å². The molecule has 25 heavy (non-hydrogen) atoms.